The van der Waals surface area contributed by atoms with Gasteiger partial charge in [0, 0.05) is 0 Å². The zero-order chi connectivity index (χ0) is 2.00. The lowest BCUT2D eigenvalue weighted by Crippen LogP contribution is -0.856. The Hall–Kier alpha value is 0. The lowest BCUT2D eigenvalue weighted by molar-refractivity contribution is 1.50. The standard InChI is InChI=1S/C2H6.7CH4/c1-2;;;;;;;/h1-2H3;7*1H4. The Balaban J connectivity index is -0.000000000238. The fraction of sp³-hybridized carbons (Fsp3) is 1.00. The summed E-state index contributed by atoms with van der Waals surface area (Å²) in [6.07, 6.45) is 0. The molecule has 0 spiro atoms. The van der Waals surface area contributed by atoms with Crippen LogP contribution in [0.3, 0.4) is 0 Å². The molecule has 0 aliphatic heterocycles. The maximum Gasteiger partial charge on any atom is -0.0683 e. The maximum absolute atomic E-state index is 2.00. The lowest BCUT2D eigenvalue weighted by atomic mass is 11.0. The van der Waals surface area contributed by atoms with Crippen molar-refractivity contribution in [3.8, 4) is 0 Å². The summed E-state index contributed by atoms with van der Waals surface area (Å²) >= 11 is 0. The van der Waals surface area contributed by atoms with Crippen molar-refractivity contribution >= 4 is 0 Å². The van der Waals surface area contributed by atoms with Gasteiger partial charge in [-0.25, -0.2) is 0 Å². The highest BCUT2D eigenvalue weighted by Crippen LogP contribution is 1.14. The molecule has 0 saturated heterocycles. The van der Waals surface area contributed by atoms with Crippen LogP contribution in [0.15, 0.2) is 0 Å². The molecule has 0 bridgehead atoms. The van der Waals surface area contributed by atoms with Gasteiger partial charge < -0.3 is 0 Å². The van der Waals surface area contributed by atoms with Crippen LogP contribution in [-0.4, -0.2) is 0 Å². The monoisotopic (exact) mass is 142 g/mol. The van der Waals surface area contributed by atoms with E-state index < -0.39 is 0 Å². The van der Waals surface area contributed by atoms with Crippen LogP contribution in [0, 0.1) is 0 Å². The van der Waals surface area contributed by atoms with Crippen LogP contribution in [0.4, 0.5) is 0 Å². The highest BCUT2D eigenvalue weighted by molar-refractivity contribution is 3.50. The second-order valence-electron chi connectivity index (χ2n) is 0. The molecule has 0 nitrogen and oxygen atoms in total. The van der Waals surface area contributed by atoms with Crippen LogP contribution in [0.1, 0.15) is 65.8 Å². The van der Waals surface area contributed by atoms with E-state index in [1.54, 1.807) is 0 Å². The molecule has 0 N–H and O–H groups in total. The predicted molar refractivity (Wildman–Crippen MR) is 58.5 cm³/mol. The van der Waals surface area contributed by atoms with Gasteiger partial charge >= 0.3 is 0 Å². The summed E-state index contributed by atoms with van der Waals surface area (Å²) in [5, 5.41) is 0. The van der Waals surface area contributed by atoms with Gasteiger partial charge in [-0.2, -0.15) is 0 Å². The Morgan fingerprint density at radius 2 is 0.333 bits per heavy atom. The van der Waals surface area contributed by atoms with Crippen molar-refractivity contribution in [1.82, 2.24) is 0 Å². The van der Waals surface area contributed by atoms with Crippen molar-refractivity contribution in [3.05, 3.63) is 0 Å². The smallest absolute Gasteiger partial charge is 0.0683 e. The first-order valence-electron chi connectivity index (χ1n) is 1.00. The third kappa shape index (κ3) is 0. The van der Waals surface area contributed by atoms with Gasteiger partial charge in [0.15, 0.2) is 0 Å². The second-order valence-corrected chi connectivity index (χ2v) is 0. The molecular weight excluding hydrogens is 108 g/mol. The van der Waals surface area contributed by atoms with E-state index >= 15 is 0 Å². The van der Waals surface area contributed by atoms with Gasteiger partial charge in [-0.05, 0) is 0 Å². The molecule has 0 atom stereocenters. The van der Waals surface area contributed by atoms with Gasteiger partial charge in [-0.15, -0.1) is 0 Å². The van der Waals surface area contributed by atoms with Crippen LogP contribution in [-0.2, 0) is 0 Å². The number of hydrogen-bond acceptors (Lipinski definition) is 0. The molecule has 0 heterocycles. The quantitative estimate of drug-likeness (QED) is 0.420. The minimum atomic E-state index is 0. The van der Waals surface area contributed by atoms with Crippen LogP contribution in [0.25, 0.3) is 0 Å². The molecule has 0 aromatic rings. The normalized spacial score (nSPS) is 0.667. The molecule has 9 heavy (non-hydrogen) atoms. The largest absolute Gasteiger partial charge is 0.0776 e. The third-order valence-electron chi connectivity index (χ3n) is 0. The average Bonchev–Trinajstić information content (AvgIpc) is 1.00. The summed E-state index contributed by atoms with van der Waals surface area (Å²) in [7, 11) is 0. The lowest BCUT2D eigenvalue weighted by Gasteiger charge is -1.07. The van der Waals surface area contributed by atoms with Gasteiger partial charge in [0.05, 0.1) is 0 Å². The Labute approximate surface area is 66.7 Å². The molecule has 0 aliphatic rings. The highest BCUT2D eigenvalue weighted by Gasteiger charge is 0.932. The van der Waals surface area contributed by atoms with Crippen LogP contribution in [0.5, 0.6) is 0 Å². The Bertz CT molecular complexity index is 0. The molecule has 0 radical (unpaired) electrons. The van der Waals surface area contributed by atoms with Gasteiger partial charge in [-0.1, -0.05) is 65.8 Å². The van der Waals surface area contributed by atoms with Crippen molar-refractivity contribution in [2.24, 2.45) is 0 Å². The van der Waals surface area contributed by atoms with Gasteiger partial charge in [0.25, 0.3) is 0 Å². The zero-order valence-electron chi connectivity index (χ0n) is 2.00. The van der Waals surface area contributed by atoms with E-state index in [0.29, 0.717) is 0 Å². The number of hydrogen-bond donors (Lipinski definition) is 0. The fourth-order valence-electron chi connectivity index (χ4n) is 0. The molecule has 0 fully saturated rings. The molecular formula is C9H34. The first-order chi connectivity index (χ1) is 1.00. The van der Waals surface area contributed by atoms with E-state index in [4.69, 9.17) is 0 Å². The van der Waals surface area contributed by atoms with Crippen LogP contribution >= 0.6 is 0 Å². The molecule has 0 heteroatoms. The molecule has 0 saturated carbocycles. The molecule has 0 aromatic heterocycles. The van der Waals surface area contributed by atoms with Gasteiger partial charge in [0.1, 0.15) is 0 Å². The van der Waals surface area contributed by atoms with E-state index in [2.05, 4.69) is 0 Å². The summed E-state index contributed by atoms with van der Waals surface area (Å²) in [6.45, 7) is 4.00. The summed E-state index contributed by atoms with van der Waals surface area (Å²) in [5.74, 6) is 0. The first kappa shape index (κ1) is 576. The van der Waals surface area contributed by atoms with Crippen molar-refractivity contribution in [1.29, 1.82) is 0 Å². The van der Waals surface area contributed by atoms with Crippen molar-refractivity contribution < 1.29 is 0 Å². The van der Waals surface area contributed by atoms with Gasteiger partial charge in [0.2, 0.25) is 0 Å². The average molecular weight is 142 g/mol. The molecule has 0 unspecified atom stereocenters. The molecule has 0 aromatic carbocycles. The minimum Gasteiger partial charge on any atom is -0.0776 e. The molecule has 70 valence electrons. The summed E-state index contributed by atoms with van der Waals surface area (Å²) in [6, 6.07) is 0. The summed E-state index contributed by atoms with van der Waals surface area (Å²) < 4.78 is 0. The molecule has 0 amide bonds. The maximum atomic E-state index is 2.00. The SMILES string of the molecule is C.C.C.C.C.C.C.CC. The van der Waals surface area contributed by atoms with Crippen molar-refractivity contribution in [2.75, 3.05) is 0 Å². The third-order valence-corrected chi connectivity index (χ3v) is 0. The molecule has 0 aliphatic carbocycles. The van der Waals surface area contributed by atoms with E-state index in [1.165, 1.54) is 0 Å². The number of rotatable bonds is 0. The Kier molecular flexibility index (Phi) is 0. The summed E-state index contributed by atoms with van der Waals surface area (Å²) in [5.41, 5.74) is 0. The van der Waals surface area contributed by atoms with Gasteiger partial charge in [-0.3, -0.25) is 0 Å². The van der Waals surface area contributed by atoms with Crippen LogP contribution < -0.4 is 0 Å². The zero-order valence-corrected chi connectivity index (χ0v) is 2.00. The highest BCUT2D eigenvalue weighted by atomic mass is 13.0. The Morgan fingerprint density at radius 1 is 0.333 bits per heavy atom. The molecule has 0 rings (SSSR count). The van der Waals surface area contributed by atoms with E-state index in [1.807, 2.05) is 13.8 Å². The van der Waals surface area contributed by atoms with E-state index in [-0.39, 0.29) is 52.0 Å². The first-order valence-corrected chi connectivity index (χ1v) is 1.00. The van der Waals surface area contributed by atoms with Crippen LogP contribution in [0.2, 0.25) is 0 Å². The van der Waals surface area contributed by atoms with Crippen molar-refractivity contribution in [2.45, 2.75) is 65.8 Å². The topological polar surface area (TPSA) is 0 Å². The Morgan fingerprint density at radius 3 is 0.333 bits per heavy atom. The van der Waals surface area contributed by atoms with Crippen molar-refractivity contribution in [3.63, 3.8) is 0 Å². The van der Waals surface area contributed by atoms with E-state index in [0.717, 1.165) is 0 Å². The predicted octanol–water partition coefficient (Wildman–Crippen LogP) is 5.48. The second kappa shape index (κ2) is 0. The van der Waals surface area contributed by atoms with E-state index in [9.17, 15) is 0 Å². The summed E-state index contributed by atoms with van der Waals surface area (Å²) in [4.78, 5) is 0. The minimum absolute atomic E-state index is 0. The fourth-order valence-corrected chi connectivity index (χ4v) is 0.